The Morgan fingerprint density at radius 3 is 2.93 bits per heavy atom. The molecule has 0 aromatic heterocycles. The summed E-state index contributed by atoms with van der Waals surface area (Å²) in [6, 6.07) is 0. The number of ether oxygens (including phenoxy) is 1. The van der Waals surface area contributed by atoms with Gasteiger partial charge in [0, 0.05) is 0 Å². The molecule has 1 atom stereocenters. The molecule has 1 saturated heterocycles. The van der Waals surface area contributed by atoms with E-state index in [0.717, 1.165) is 19.3 Å². The molecule has 0 amide bonds. The second-order valence-electron chi connectivity index (χ2n) is 4.21. The van der Waals surface area contributed by atoms with Gasteiger partial charge in [0.2, 0.25) is 0 Å². The Hall–Kier alpha value is -0.530. The Bertz CT molecular complexity index is 166. The van der Waals surface area contributed by atoms with Crippen molar-refractivity contribution in [3.05, 3.63) is 0 Å². The first-order valence-corrected chi connectivity index (χ1v) is 6.01. The third-order valence-corrected chi connectivity index (χ3v) is 2.93. The summed E-state index contributed by atoms with van der Waals surface area (Å²) in [5.74, 6) is 0.252. The number of cyclic esters (lactones) is 1. The molecular weight excluding hydrogens is 176 g/mol. The van der Waals surface area contributed by atoms with Crippen LogP contribution in [0, 0.1) is 5.92 Å². The van der Waals surface area contributed by atoms with Crippen LogP contribution in [0.3, 0.4) is 0 Å². The van der Waals surface area contributed by atoms with Crippen molar-refractivity contribution in [3.63, 3.8) is 0 Å². The highest BCUT2D eigenvalue weighted by atomic mass is 16.5. The maximum absolute atomic E-state index is 11.5. The Kier molecular flexibility index (Phi) is 5.65. The number of hydrogen-bond acceptors (Lipinski definition) is 2. The van der Waals surface area contributed by atoms with E-state index < -0.39 is 0 Å². The van der Waals surface area contributed by atoms with Gasteiger partial charge in [-0.25, -0.2) is 0 Å². The van der Waals surface area contributed by atoms with Gasteiger partial charge in [-0.1, -0.05) is 39.0 Å². The molecule has 1 rings (SSSR count). The van der Waals surface area contributed by atoms with Gasteiger partial charge in [0.05, 0.1) is 12.5 Å². The molecule has 1 aliphatic heterocycles. The summed E-state index contributed by atoms with van der Waals surface area (Å²) < 4.78 is 5.19. The predicted molar refractivity (Wildman–Crippen MR) is 57.1 cm³/mol. The van der Waals surface area contributed by atoms with Crippen molar-refractivity contribution in [1.29, 1.82) is 0 Å². The van der Waals surface area contributed by atoms with Crippen molar-refractivity contribution in [3.8, 4) is 0 Å². The molecule has 0 aromatic carbocycles. The fourth-order valence-corrected chi connectivity index (χ4v) is 1.98. The van der Waals surface area contributed by atoms with E-state index in [1.807, 2.05) is 0 Å². The maximum atomic E-state index is 11.5. The largest absolute Gasteiger partial charge is 0.465 e. The lowest BCUT2D eigenvalue weighted by atomic mass is 9.94. The van der Waals surface area contributed by atoms with Crippen LogP contribution in [-0.2, 0) is 9.53 Å². The van der Waals surface area contributed by atoms with E-state index in [2.05, 4.69) is 6.92 Å². The van der Waals surface area contributed by atoms with Gasteiger partial charge in [-0.3, -0.25) is 4.79 Å². The molecule has 1 heterocycles. The average molecular weight is 198 g/mol. The molecule has 0 saturated carbocycles. The van der Waals surface area contributed by atoms with Crippen LogP contribution in [0.15, 0.2) is 0 Å². The van der Waals surface area contributed by atoms with Crippen molar-refractivity contribution in [2.24, 2.45) is 5.92 Å². The van der Waals surface area contributed by atoms with Crippen LogP contribution in [-0.4, -0.2) is 12.6 Å². The molecule has 0 N–H and O–H groups in total. The number of carbonyl (C=O) groups excluding carboxylic acids is 1. The molecule has 1 unspecified atom stereocenters. The van der Waals surface area contributed by atoms with E-state index in [1.54, 1.807) is 0 Å². The van der Waals surface area contributed by atoms with E-state index in [1.165, 1.54) is 32.1 Å². The van der Waals surface area contributed by atoms with E-state index >= 15 is 0 Å². The van der Waals surface area contributed by atoms with E-state index in [4.69, 9.17) is 4.74 Å². The highest BCUT2D eigenvalue weighted by molar-refractivity contribution is 5.72. The molecule has 1 aliphatic rings. The van der Waals surface area contributed by atoms with Crippen molar-refractivity contribution in [2.45, 2.75) is 58.3 Å². The van der Waals surface area contributed by atoms with Crippen LogP contribution < -0.4 is 0 Å². The monoisotopic (exact) mass is 198 g/mol. The Morgan fingerprint density at radius 1 is 1.29 bits per heavy atom. The minimum Gasteiger partial charge on any atom is -0.465 e. The molecule has 82 valence electrons. The smallest absolute Gasteiger partial charge is 0.308 e. The van der Waals surface area contributed by atoms with Gasteiger partial charge in [-0.2, -0.15) is 0 Å². The van der Waals surface area contributed by atoms with Crippen LogP contribution >= 0.6 is 0 Å². The van der Waals surface area contributed by atoms with Crippen LogP contribution in [0.25, 0.3) is 0 Å². The van der Waals surface area contributed by atoms with Gasteiger partial charge < -0.3 is 4.74 Å². The SMILES string of the molecule is CCCCCC1CCCCCOC1=O. The zero-order chi connectivity index (χ0) is 10.2. The summed E-state index contributed by atoms with van der Waals surface area (Å²) in [5, 5.41) is 0. The molecule has 0 aliphatic carbocycles. The normalized spacial score (nSPS) is 23.8. The van der Waals surface area contributed by atoms with Crippen LogP contribution in [0.5, 0.6) is 0 Å². The first-order chi connectivity index (χ1) is 6.84. The van der Waals surface area contributed by atoms with Crippen LogP contribution in [0.4, 0.5) is 0 Å². The van der Waals surface area contributed by atoms with E-state index in [-0.39, 0.29) is 11.9 Å². The molecule has 0 bridgehead atoms. The second kappa shape index (κ2) is 6.86. The zero-order valence-electron chi connectivity index (χ0n) is 9.26. The molecule has 0 aromatic rings. The molecule has 1 fully saturated rings. The first-order valence-electron chi connectivity index (χ1n) is 6.01. The summed E-state index contributed by atoms with van der Waals surface area (Å²) in [6.45, 7) is 2.83. The first kappa shape index (κ1) is 11.5. The number of rotatable bonds is 4. The van der Waals surface area contributed by atoms with Gasteiger partial charge in [-0.15, -0.1) is 0 Å². The molecule has 14 heavy (non-hydrogen) atoms. The molecule has 0 spiro atoms. The van der Waals surface area contributed by atoms with Gasteiger partial charge in [-0.05, 0) is 19.3 Å². The fourth-order valence-electron chi connectivity index (χ4n) is 1.98. The summed E-state index contributed by atoms with van der Waals surface area (Å²) in [7, 11) is 0. The Morgan fingerprint density at radius 2 is 2.14 bits per heavy atom. The van der Waals surface area contributed by atoms with Gasteiger partial charge in [0.25, 0.3) is 0 Å². The topological polar surface area (TPSA) is 26.3 Å². The van der Waals surface area contributed by atoms with Crippen LogP contribution in [0.2, 0.25) is 0 Å². The highest BCUT2D eigenvalue weighted by Crippen LogP contribution is 2.21. The molecule has 0 radical (unpaired) electrons. The predicted octanol–water partition coefficient (Wildman–Crippen LogP) is 3.30. The molecular formula is C12H22O2. The van der Waals surface area contributed by atoms with Crippen molar-refractivity contribution in [1.82, 2.24) is 0 Å². The summed E-state index contributed by atoms with van der Waals surface area (Å²) in [4.78, 5) is 11.5. The van der Waals surface area contributed by atoms with Gasteiger partial charge >= 0.3 is 5.97 Å². The minimum atomic E-state index is 0.0563. The summed E-state index contributed by atoms with van der Waals surface area (Å²) in [6.07, 6.45) is 9.19. The van der Waals surface area contributed by atoms with Gasteiger partial charge in [0.15, 0.2) is 0 Å². The van der Waals surface area contributed by atoms with Crippen molar-refractivity contribution in [2.75, 3.05) is 6.61 Å². The number of esters is 1. The van der Waals surface area contributed by atoms with Crippen LogP contribution in [0.1, 0.15) is 58.3 Å². The fraction of sp³-hybridized carbons (Fsp3) is 0.917. The third kappa shape index (κ3) is 4.12. The lowest BCUT2D eigenvalue weighted by Gasteiger charge is -2.18. The Balaban J connectivity index is 2.26. The molecule has 2 nitrogen and oxygen atoms in total. The zero-order valence-corrected chi connectivity index (χ0v) is 9.26. The molecule has 2 heteroatoms. The Labute approximate surface area is 87.0 Å². The maximum Gasteiger partial charge on any atom is 0.308 e. The quantitative estimate of drug-likeness (QED) is 0.512. The summed E-state index contributed by atoms with van der Waals surface area (Å²) >= 11 is 0. The lowest BCUT2D eigenvalue weighted by molar-refractivity contribution is -0.150. The van der Waals surface area contributed by atoms with E-state index in [0.29, 0.717) is 6.61 Å². The standard InChI is InChI=1S/C12H22O2/c1-2-3-5-8-11-9-6-4-7-10-14-12(11)13/h11H,2-10H2,1H3. The average Bonchev–Trinajstić information content (AvgIpc) is 2.17. The highest BCUT2D eigenvalue weighted by Gasteiger charge is 2.20. The minimum absolute atomic E-state index is 0.0563. The van der Waals surface area contributed by atoms with E-state index in [9.17, 15) is 4.79 Å². The number of unbranched alkanes of at least 4 members (excludes halogenated alkanes) is 2. The number of carbonyl (C=O) groups is 1. The second-order valence-corrected chi connectivity index (χ2v) is 4.21. The third-order valence-electron chi connectivity index (χ3n) is 2.93. The lowest BCUT2D eigenvalue weighted by Crippen LogP contribution is -2.20. The number of hydrogen-bond donors (Lipinski definition) is 0. The summed E-state index contributed by atoms with van der Waals surface area (Å²) in [5.41, 5.74) is 0. The van der Waals surface area contributed by atoms with Crippen molar-refractivity contribution < 1.29 is 9.53 Å². The van der Waals surface area contributed by atoms with Crippen molar-refractivity contribution >= 4 is 5.97 Å². The van der Waals surface area contributed by atoms with Gasteiger partial charge in [0.1, 0.15) is 0 Å².